The van der Waals surface area contributed by atoms with Crippen molar-refractivity contribution in [3.05, 3.63) is 0 Å². The number of rotatable bonds is 6. The van der Waals surface area contributed by atoms with E-state index in [9.17, 15) is 14.4 Å². The fourth-order valence-electron chi connectivity index (χ4n) is 1.73. The maximum Gasteiger partial charge on any atom is 0.315 e. The highest BCUT2D eigenvalue weighted by Gasteiger charge is 2.21. The number of hydrogen-bond acceptors (Lipinski definition) is 3. The average Bonchev–Trinajstić information content (AvgIpc) is 2.70. The maximum atomic E-state index is 11.5. The van der Waals surface area contributed by atoms with Crippen LogP contribution in [0.15, 0.2) is 0 Å². The van der Waals surface area contributed by atoms with Gasteiger partial charge in [0.15, 0.2) is 0 Å². The van der Waals surface area contributed by atoms with Crippen LogP contribution in [0.1, 0.15) is 32.6 Å². The molecule has 0 saturated carbocycles. The smallest absolute Gasteiger partial charge is 0.315 e. The molecule has 0 radical (unpaired) electrons. The van der Waals surface area contributed by atoms with Crippen LogP contribution in [0.5, 0.6) is 0 Å². The summed E-state index contributed by atoms with van der Waals surface area (Å²) in [6.07, 6.45) is 1.65. The van der Waals surface area contributed by atoms with Crippen LogP contribution < -0.4 is 16.0 Å². The Kier molecular flexibility index (Phi) is 5.41. The van der Waals surface area contributed by atoms with Crippen LogP contribution in [0.3, 0.4) is 0 Å². The van der Waals surface area contributed by atoms with Gasteiger partial charge in [0.2, 0.25) is 5.91 Å². The molecule has 1 aliphatic heterocycles. The molecule has 2 unspecified atom stereocenters. The van der Waals surface area contributed by atoms with Crippen molar-refractivity contribution in [3.63, 3.8) is 0 Å². The Hall–Kier alpha value is -1.79. The molecular formula is C11H19N3O4. The Morgan fingerprint density at radius 3 is 2.83 bits per heavy atom. The van der Waals surface area contributed by atoms with Crippen molar-refractivity contribution in [2.45, 2.75) is 44.7 Å². The first-order valence-corrected chi connectivity index (χ1v) is 6.03. The standard InChI is InChI=1S/C11H19N3O4/c1-7(2-5-10(16)17)13-11(18)12-6-8-3-4-9(15)14-8/h7-8H,2-6H2,1H3,(H,14,15)(H,16,17)(H2,12,13,18). The number of carbonyl (C=O) groups is 3. The van der Waals surface area contributed by atoms with E-state index in [0.29, 0.717) is 19.4 Å². The van der Waals surface area contributed by atoms with Crippen LogP contribution in [0.25, 0.3) is 0 Å². The lowest BCUT2D eigenvalue weighted by atomic mass is 10.2. The minimum absolute atomic E-state index is 0.00224. The van der Waals surface area contributed by atoms with Gasteiger partial charge in [-0.3, -0.25) is 9.59 Å². The van der Waals surface area contributed by atoms with Gasteiger partial charge < -0.3 is 21.1 Å². The number of nitrogens with one attached hydrogen (secondary N) is 3. The molecule has 0 aromatic rings. The quantitative estimate of drug-likeness (QED) is 0.529. The molecule has 102 valence electrons. The molecule has 1 fully saturated rings. The summed E-state index contributed by atoms with van der Waals surface area (Å²) >= 11 is 0. The number of carbonyl (C=O) groups excluding carboxylic acids is 2. The number of hydrogen-bond donors (Lipinski definition) is 4. The number of amides is 3. The molecule has 0 aromatic carbocycles. The average molecular weight is 257 g/mol. The predicted molar refractivity (Wildman–Crippen MR) is 64.0 cm³/mol. The number of urea groups is 1. The van der Waals surface area contributed by atoms with E-state index in [4.69, 9.17) is 5.11 Å². The Morgan fingerprint density at radius 2 is 2.28 bits per heavy atom. The van der Waals surface area contributed by atoms with Crippen LogP contribution in [0.2, 0.25) is 0 Å². The van der Waals surface area contributed by atoms with Gasteiger partial charge in [-0.05, 0) is 19.8 Å². The lowest BCUT2D eigenvalue weighted by Crippen LogP contribution is -2.45. The normalized spacial score (nSPS) is 20.1. The molecule has 1 saturated heterocycles. The molecule has 3 amide bonds. The minimum atomic E-state index is -0.877. The third kappa shape index (κ3) is 5.51. The van der Waals surface area contributed by atoms with Gasteiger partial charge in [-0.2, -0.15) is 0 Å². The Labute approximate surface area is 105 Å². The van der Waals surface area contributed by atoms with Gasteiger partial charge in [0, 0.05) is 31.5 Å². The summed E-state index contributed by atoms with van der Waals surface area (Å²) in [5.74, 6) is -0.866. The molecule has 2 atom stereocenters. The molecule has 0 aliphatic carbocycles. The van der Waals surface area contributed by atoms with Crippen molar-refractivity contribution in [2.24, 2.45) is 0 Å². The molecule has 1 aliphatic rings. The molecular weight excluding hydrogens is 238 g/mol. The highest BCUT2D eigenvalue weighted by atomic mass is 16.4. The highest BCUT2D eigenvalue weighted by molar-refractivity contribution is 5.79. The predicted octanol–water partition coefficient (Wildman–Crippen LogP) is -0.182. The zero-order valence-corrected chi connectivity index (χ0v) is 10.4. The fourth-order valence-corrected chi connectivity index (χ4v) is 1.73. The highest BCUT2D eigenvalue weighted by Crippen LogP contribution is 2.04. The van der Waals surface area contributed by atoms with Crippen LogP contribution in [-0.4, -0.2) is 41.6 Å². The summed E-state index contributed by atoms with van der Waals surface area (Å²) in [7, 11) is 0. The lowest BCUT2D eigenvalue weighted by Gasteiger charge is -2.15. The molecule has 0 spiro atoms. The van der Waals surface area contributed by atoms with Gasteiger partial charge in [-0.1, -0.05) is 0 Å². The van der Waals surface area contributed by atoms with Gasteiger partial charge in [0.05, 0.1) is 0 Å². The molecule has 1 rings (SSSR count). The monoisotopic (exact) mass is 257 g/mol. The van der Waals surface area contributed by atoms with E-state index in [1.54, 1.807) is 6.92 Å². The van der Waals surface area contributed by atoms with E-state index in [1.165, 1.54) is 0 Å². The van der Waals surface area contributed by atoms with E-state index >= 15 is 0 Å². The van der Waals surface area contributed by atoms with Gasteiger partial charge in [-0.25, -0.2) is 4.79 Å². The second kappa shape index (κ2) is 6.83. The zero-order chi connectivity index (χ0) is 13.5. The summed E-state index contributed by atoms with van der Waals surface area (Å²) in [5.41, 5.74) is 0. The summed E-state index contributed by atoms with van der Waals surface area (Å²) in [4.78, 5) is 32.7. The van der Waals surface area contributed by atoms with Gasteiger partial charge >= 0.3 is 12.0 Å². The zero-order valence-electron chi connectivity index (χ0n) is 10.4. The molecule has 0 aromatic heterocycles. The van der Waals surface area contributed by atoms with Crippen molar-refractivity contribution in [1.82, 2.24) is 16.0 Å². The van der Waals surface area contributed by atoms with Gasteiger partial charge in [-0.15, -0.1) is 0 Å². The number of carboxylic acids is 1. The SMILES string of the molecule is CC(CCC(=O)O)NC(=O)NCC1CCC(=O)N1. The minimum Gasteiger partial charge on any atom is -0.481 e. The molecule has 18 heavy (non-hydrogen) atoms. The molecule has 7 heteroatoms. The van der Waals surface area contributed by atoms with Crippen LogP contribution >= 0.6 is 0 Å². The summed E-state index contributed by atoms with van der Waals surface area (Å²) in [5, 5.41) is 16.5. The summed E-state index contributed by atoms with van der Waals surface area (Å²) in [6, 6.07) is -0.536. The van der Waals surface area contributed by atoms with Crippen molar-refractivity contribution >= 4 is 17.9 Å². The lowest BCUT2D eigenvalue weighted by molar-refractivity contribution is -0.137. The second-order valence-corrected chi connectivity index (χ2v) is 4.49. The largest absolute Gasteiger partial charge is 0.481 e. The molecule has 0 bridgehead atoms. The van der Waals surface area contributed by atoms with E-state index in [0.717, 1.165) is 6.42 Å². The Bertz CT molecular complexity index is 332. The van der Waals surface area contributed by atoms with Crippen molar-refractivity contribution in [3.8, 4) is 0 Å². The van der Waals surface area contributed by atoms with Gasteiger partial charge in [0.25, 0.3) is 0 Å². The van der Waals surface area contributed by atoms with E-state index in [2.05, 4.69) is 16.0 Å². The van der Waals surface area contributed by atoms with E-state index in [-0.39, 0.29) is 30.4 Å². The number of carboxylic acid groups (broad SMARTS) is 1. The third-order valence-corrected chi connectivity index (χ3v) is 2.76. The van der Waals surface area contributed by atoms with Crippen molar-refractivity contribution < 1.29 is 19.5 Å². The van der Waals surface area contributed by atoms with Crippen LogP contribution in [0.4, 0.5) is 4.79 Å². The molecule has 4 N–H and O–H groups in total. The number of aliphatic carboxylic acids is 1. The molecule has 7 nitrogen and oxygen atoms in total. The summed E-state index contributed by atoms with van der Waals surface area (Å²) in [6.45, 7) is 2.14. The first-order valence-electron chi connectivity index (χ1n) is 6.03. The third-order valence-electron chi connectivity index (χ3n) is 2.76. The first-order chi connectivity index (χ1) is 8.47. The topological polar surface area (TPSA) is 108 Å². The van der Waals surface area contributed by atoms with Crippen LogP contribution in [0, 0.1) is 0 Å². The fraction of sp³-hybridized carbons (Fsp3) is 0.727. The maximum absolute atomic E-state index is 11.5. The van der Waals surface area contributed by atoms with Crippen molar-refractivity contribution in [2.75, 3.05) is 6.54 Å². The van der Waals surface area contributed by atoms with Crippen LogP contribution in [-0.2, 0) is 9.59 Å². The Balaban J connectivity index is 2.13. The van der Waals surface area contributed by atoms with E-state index < -0.39 is 5.97 Å². The summed E-state index contributed by atoms with van der Waals surface area (Å²) < 4.78 is 0. The van der Waals surface area contributed by atoms with Crippen molar-refractivity contribution in [1.29, 1.82) is 0 Å². The Morgan fingerprint density at radius 1 is 1.56 bits per heavy atom. The second-order valence-electron chi connectivity index (χ2n) is 4.49. The molecule has 1 heterocycles. The van der Waals surface area contributed by atoms with Gasteiger partial charge in [0.1, 0.15) is 0 Å². The first kappa shape index (κ1) is 14.3. The van der Waals surface area contributed by atoms with E-state index in [1.807, 2.05) is 0 Å².